The van der Waals surface area contributed by atoms with Crippen LogP contribution in [0.4, 0.5) is 0 Å². The van der Waals surface area contributed by atoms with Crippen molar-refractivity contribution in [1.29, 1.82) is 0 Å². The average Bonchev–Trinajstić information content (AvgIpc) is 2.12. The fourth-order valence-corrected chi connectivity index (χ4v) is 1.93. The zero-order chi connectivity index (χ0) is 7.40. The first-order chi connectivity index (χ1) is 4.80. The molecule has 0 bridgehead atoms. The normalized spacial score (nSPS) is 27.4. The first kappa shape index (κ1) is 7.88. The van der Waals surface area contributed by atoms with E-state index in [2.05, 4.69) is 5.32 Å². The number of nitrogens with one attached hydrogen (secondary N) is 1. The number of hydrogen-bond acceptors (Lipinski definition) is 3. The lowest BCUT2D eigenvalue weighted by Crippen LogP contribution is -2.42. The van der Waals surface area contributed by atoms with Crippen LogP contribution in [0.3, 0.4) is 0 Å². The Labute approximate surface area is 64.7 Å². The van der Waals surface area contributed by atoms with Crippen LogP contribution in [-0.2, 0) is 4.79 Å². The predicted molar refractivity (Wildman–Crippen MR) is 42.9 cm³/mol. The minimum absolute atomic E-state index is 0.104. The number of primary amides is 1. The Morgan fingerprint density at radius 1 is 1.70 bits per heavy atom. The summed E-state index contributed by atoms with van der Waals surface area (Å²) in [7, 11) is 0. The van der Waals surface area contributed by atoms with Crippen LogP contribution < -0.4 is 11.1 Å². The van der Waals surface area contributed by atoms with Crippen molar-refractivity contribution >= 4 is 17.7 Å². The van der Waals surface area contributed by atoms with Gasteiger partial charge in [0.1, 0.15) is 0 Å². The van der Waals surface area contributed by atoms with E-state index in [0.29, 0.717) is 0 Å². The van der Waals surface area contributed by atoms with E-state index in [-0.39, 0.29) is 11.9 Å². The van der Waals surface area contributed by atoms with Gasteiger partial charge in [-0.05, 0) is 18.7 Å². The molecular weight excluding hydrogens is 148 g/mol. The van der Waals surface area contributed by atoms with Gasteiger partial charge in [-0.1, -0.05) is 0 Å². The highest BCUT2D eigenvalue weighted by atomic mass is 32.2. The standard InChI is InChI=1S/C6H12N2OS/c7-6(9)5-4-10-3-1-2-8-5/h5,8H,1-4H2,(H2,7,9)/t5-/m1/s1. The summed E-state index contributed by atoms with van der Waals surface area (Å²) in [6.45, 7) is 0.917. The maximum absolute atomic E-state index is 10.7. The molecule has 0 radical (unpaired) electrons. The van der Waals surface area contributed by atoms with Crippen LogP contribution in [0.2, 0.25) is 0 Å². The fourth-order valence-electron chi connectivity index (χ4n) is 0.893. The Morgan fingerprint density at radius 3 is 3.20 bits per heavy atom. The van der Waals surface area contributed by atoms with Crippen LogP contribution in [0.1, 0.15) is 6.42 Å². The summed E-state index contributed by atoms with van der Waals surface area (Å²) >= 11 is 1.79. The monoisotopic (exact) mass is 160 g/mol. The molecule has 1 aliphatic heterocycles. The predicted octanol–water partition coefficient (Wildman–Crippen LogP) is -0.433. The molecule has 1 amide bonds. The van der Waals surface area contributed by atoms with Gasteiger partial charge in [0.2, 0.25) is 5.91 Å². The molecule has 3 N–H and O–H groups in total. The van der Waals surface area contributed by atoms with E-state index in [1.807, 2.05) is 0 Å². The zero-order valence-electron chi connectivity index (χ0n) is 5.80. The minimum atomic E-state index is -0.227. The molecule has 1 saturated heterocycles. The molecular formula is C6H12N2OS. The molecule has 10 heavy (non-hydrogen) atoms. The van der Waals surface area contributed by atoms with Crippen molar-refractivity contribution < 1.29 is 4.79 Å². The Hall–Kier alpha value is -0.220. The van der Waals surface area contributed by atoms with Crippen LogP contribution in [0.5, 0.6) is 0 Å². The topological polar surface area (TPSA) is 55.1 Å². The number of nitrogens with two attached hydrogens (primary N) is 1. The van der Waals surface area contributed by atoms with Gasteiger partial charge in [-0.15, -0.1) is 0 Å². The molecule has 0 aromatic rings. The highest BCUT2D eigenvalue weighted by Gasteiger charge is 2.15. The maximum Gasteiger partial charge on any atom is 0.235 e. The molecule has 1 heterocycles. The third-order valence-electron chi connectivity index (χ3n) is 1.48. The van der Waals surface area contributed by atoms with Gasteiger partial charge in [-0.25, -0.2) is 0 Å². The van der Waals surface area contributed by atoms with Crippen molar-refractivity contribution in [2.24, 2.45) is 5.73 Å². The number of rotatable bonds is 1. The molecule has 1 rings (SSSR count). The van der Waals surface area contributed by atoms with Gasteiger partial charge in [-0.3, -0.25) is 4.79 Å². The van der Waals surface area contributed by atoms with Crippen LogP contribution in [0.25, 0.3) is 0 Å². The molecule has 58 valence electrons. The van der Waals surface area contributed by atoms with Crippen molar-refractivity contribution in [2.75, 3.05) is 18.1 Å². The van der Waals surface area contributed by atoms with Gasteiger partial charge >= 0.3 is 0 Å². The third kappa shape index (κ3) is 2.19. The smallest absolute Gasteiger partial charge is 0.235 e. The second kappa shape index (κ2) is 3.83. The van der Waals surface area contributed by atoms with Gasteiger partial charge in [0.25, 0.3) is 0 Å². The molecule has 0 spiro atoms. The lowest BCUT2D eigenvalue weighted by Gasteiger charge is -2.09. The van der Waals surface area contributed by atoms with Crippen molar-refractivity contribution in [3.8, 4) is 0 Å². The van der Waals surface area contributed by atoms with Crippen molar-refractivity contribution in [2.45, 2.75) is 12.5 Å². The van der Waals surface area contributed by atoms with Crippen LogP contribution >= 0.6 is 11.8 Å². The molecule has 1 atom stereocenters. The van der Waals surface area contributed by atoms with Gasteiger partial charge in [0, 0.05) is 5.75 Å². The van der Waals surface area contributed by atoms with E-state index in [1.165, 1.54) is 0 Å². The van der Waals surface area contributed by atoms with Crippen molar-refractivity contribution in [3.63, 3.8) is 0 Å². The number of hydrogen-bond donors (Lipinski definition) is 2. The lowest BCUT2D eigenvalue weighted by molar-refractivity contribution is -0.119. The maximum atomic E-state index is 10.7. The van der Waals surface area contributed by atoms with Crippen LogP contribution in [0.15, 0.2) is 0 Å². The second-order valence-corrected chi connectivity index (χ2v) is 3.49. The van der Waals surface area contributed by atoms with Gasteiger partial charge in [0.15, 0.2) is 0 Å². The van der Waals surface area contributed by atoms with Gasteiger partial charge in [-0.2, -0.15) is 11.8 Å². The first-order valence-electron chi connectivity index (χ1n) is 3.41. The van der Waals surface area contributed by atoms with Crippen LogP contribution in [0, 0.1) is 0 Å². The fraction of sp³-hybridized carbons (Fsp3) is 0.833. The van der Waals surface area contributed by atoms with Crippen LogP contribution in [-0.4, -0.2) is 30.0 Å². The van der Waals surface area contributed by atoms with Gasteiger partial charge in [0.05, 0.1) is 6.04 Å². The molecule has 0 aromatic heterocycles. The van der Waals surface area contributed by atoms with E-state index in [1.54, 1.807) is 11.8 Å². The Kier molecular flexibility index (Phi) is 3.02. The highest BCUT2D eigenvalue weighted by molar-refractivity contribution is 7.99. The van der Waals surface area contributed by atoms with Crippen molar-refractivity contribution in [3.05, 3.63) is 0 Å². The molecule has 0 saturated carbocycles. The van der Waals surface area contributed by atoms with E-state index < -0.39 is 0 Å². The summed E-state index contributed by atoms with van der Waals surface area (Å²) < 4.78 is 0. The molecule has 4 heteroatoms. The van der Waals surface area contributed by atoms with E-state index in [0.717, 1.165) is 24.5 Å². The summed E-state index contributed by atoms with van der Waals surface area (Å²) in [5.74, 6) is 1.74. The summed E-state index contributed by atoms with van der Waals surface area (Å²) in [6.07, 6.45) is 1.13. The average molecular weight is 160 g/mol. The molecule has 1 aliphatic rings. The minimum Gasteiger partial charge on any atom is -0.368 e. The molecule has 0 aromatic carbocycles. The summed E-state index contributed by atoms with van der Waals surface area (Å²) in [5, 5.41) is 3.09. The first-order valence-corrected chi connectivity index (χ1v) is 4.56. The molecule has 0 unspecified atom stereocenters. The SMILES string of the molecule is NC(=O)[C@H]1CSCCCN1. The number of amides is 1. The molecule has 3 nitrogen and oxygen atoms in total. The molecule has 0 aliphatic carbocycles. The Morgan fingerprint density at radius 2 is 2.50 bits per heavy atom. The van der Waals surface area contributed by atoms with E-state index >= 15 is 0 Å². The largest absolute Gasteiger partial charge is 0.368 e. The molecule has 1 fully saturated rings. The van der Waals surface area contributed by atoms with Gasteiger partial charge < -0.3 is 11.1 Å². The summed E-state index contributed by atoms with van der Waals surface area (Å²) in [6, 6.07) is -0.104. The summed E-state index contributed by atoms with van der Waals surface area (Å²) in [4.78, 5) is 10.7. The number of carbonyl (C=O) groups is 1. The third-order valence-corrected chi connectivity index (χ3v) is 2.63. The van der Waals surface area contributed by atoms with Crippen molar-refractivity contribution in [1.82, 2.24) is 5.32 Å². The lowest BCUT2D eigenvalue weighted by atomic mass is 10.3. The quantitative estimate of drug-likeness (QED) is 0.547. The number of thioether (sulfide) groups is 1. The van der Waals surface area contributed by atoms with E-state index in [9.17, 15) is 4.79 Å². The second-order valence-electron chi connectivity index (χ2n) is 2.34. The Balaban J connectivity index is 2.35. The highest BCUT2D eigenvalue weighted by Crippen LogP contribution is 2.07. The number of carbonyl (C=O) groups excluding carboxylic acids is 1. The van der Waals surface area contributed by atoms with E-state index in [4.69, 9.17) is 5.73 Å². The Bertz CT molecular complexity index is 121. The summed E-state index contributed by atoms with van der Waals surface area (Å²) in [5.41, 5.74) is 5.12. The zero-order valence-corrected chi connectivity index (χ0v) is 6.62.